The van der Waals surface area contributed by atoms with Gasteiger partial charge in [0, 0.05) is 12.4 Å². The Bertz CT molecular complexity index is 593. The fraction of sp³-hybridized carbons (Fsp3) is 0.0769. The fourth-order valence-corrected chi connectivity index (χ4v) is 1.69. The van der Waals surface area contributed by atoms with Gasteiger partial charge in [0.15, 0.2) is 0 Å². The molecule has 0 fully saturated rings. The van der Waals surface area contributed by atoms with Crippen molar-refractivity contribution < 1.29 is 4.42 Å². The van der Waals surface area contributed by atoms with Gasteiger partial charge >= 0.3 is 0 Å². The number of furan rings is 1. The zero-order valence-electron chi connectivity index (χ0n) is 9.14. The Kier molecular flexibility index (Phi) is 3.27. The second kappa shape index (κ2) is 4.86. The number of pyridine rings is 1. The number of nitriles is 1. The molecule has 0 bridgehead atoms. The Hall–Kier alpha value is -2.05. The van der Waals surface area contributed by atoms with Gasteiger partial charge in [-0.3, -0.25) is 4.98 Å². The number of allylic oxidation sites excluding steroid dienone is 1. The first-order valence-corrected chi connectivity index (χ1v) is 5.37. The third-order valence-corrected chi connectivity index (χ3v) is 2.63. The molecule has 0 atom stereocenters. The van der Waals surface area contributed by atoms with E-state index in [0.29, 0.717) is 16.4 Å². The van der Waals surface area contributed by atoms with Crippen molar-refractivity contribution in [3.05, 3.63) is 53.7 Å². The van der Waals surface area contributed by atoms with Crippen LogP contribution in [0.5, 0.6) is 0 Å². The van der Waals surface area contributed by atoms with Gasteiger partial charge in [-0.1, -0.05) is 11.6 Å². The van der Waals surface area contributed by atoms with Crippen molar-refractivity contribution in [2.24, 2.45) is 0 Å². The van der Waals surface area contributed by atoms with Crippen LogP contribution in [0.4, 0.5) is 0 Å². The standard InChI is InChI=1S/C13H9ClN2O/c1-9-2-3-12(17-9)13(14)11(8-15)10-4-6-16-7-5-10/h2-7H,1H3/b13-11+. The molecule has 0 aliphatic carbocycles. The van der Waals surface area contributed by atoms with E-state index in [1.54, 1.807) is 36.7 Å². The lowest BCUT2D eigenvalue weighted by molar-refractivity contribution is 0.524. The van der Waals surface area contributed by atoms with E-state index in [1.807, 2.05) is 6.92 Å². The van der Waals surface area contributed by atoms with Gasteiger partial charge in [-0.25, -0.2) is 0 Å². The third kappa shape index (κ3) is 2.38. The van der Waals surface area contributed by atoms with E-state index in [2.05, 4.69) is 11.1 Å². The Morgan fingerprint density at radius 3 is 2.53 bits per heavy atom. The van der Waals surface area contributed by atoms with E-state index < -0.39 is 0 Å². The summed E-state index contributed by atoms with van der Waals surface area (Å²) in [7, 11) is 0. The van der Waals surface area contributed by atoms with Gasteiger partial charge in [-0.15, -0.1) is 0 Å². The minimum Gasteiger partial charge on any atom is -0.460 e. The van der Waals surface area contributed by atoms with Gasteiger partial charge in [0.2, 0.25) is 0 Å². The maximum atomic E-state index is 9.16. The van der Waals surface area contributed by atoms with Crippen molar-refractivity contribution in [2.75, 3.05) is 0 Å². The zero-order chi connectivity index (χ0) is 12.3. The lowest BCUT2D eigenvalue weighted by Crippen LogP contribution is -1.85. The van der Waals surface area contributed by atoms with Gasteiger partial charge in [0.05, 0.1) is 5.57 Å². The van der Waals surface area contributed by atoms with Crippen LogP contribution in [0, 0.1) is 18.3 Å². The predicted octanol–water partition coefficient (Wildman–Crippen LogP) is 3.61. The summed E-state index contributed by atoms with van der Waals surface area (Å²) in [5, 5.41) is 9.48. The molecule has 0 aliphatic rings. The highest BCUT2D eigenvalue weighted by molar-refractivity contribution is 6.53. The van der Waals surface area contributed by atoms with E-state index >= 15 is 0 Å². The van der Waals surface area contributed by atoms with E-state index in [1.165, 1.54) is 0 Å². The second-order valence-corrected chi connectivity index (χ2v) is 3.82. The molecule has 2 rings (SSSR count). The van der Waals surface area contributed by atoms with Crippen LogP contribution in [-0.4, -0.2) is 4.98 Å². The monoisotopic (exact) mass is 244 g/mol. The minimum absolute atomic E-state index is 0.312. The molecule has 3 nitrogen and oxygen atoms in total. The molecule has 0 amide bonds. The number of hydrogen-bond acceptors (Lipinski definition) is 3. The maximum Gasteiger partial charge on any atom is 0.146 e. The topological polar surface area (TPSA) is 49.8 Å². The van der Waals surface area contributed by atoms with Crippen molar-refractivity contribution in [3.8, 4) is 6.07 Å². The van der Waals surface area contributed by atoms with Crippen molar-refractivity contribution in [2.45, 2.75) is 6.92 Å². The highest BCUT2D eigenvalue weighted by Gasteiger charge is 2.12. The van der Waals surface area contributed by atoms with Crippen LogP contribution in [0.2, 0.25) is 0 Å². The highest BCUT2D eigenvalue weighted by atomic mass is 35.5. The molecule has 0 unspecified atom stereocenters. The van der Waals surface area contributed by atoms with Gasteiger partial charge in [0.1, 0.15) is 22.6 Å². The molecule has 2 aromatic heterocycles. The summed E-state index contributed by atoms with van der Waals surface area (Å²) in [6, 6.07) is 9.10. The quantitative estimate of drug-likeness (QED) is 0.758. The van der Waals surface area contributed by atoms with Gasteiger partial charge in [0.25, 0.3) is 0 Å². The zero-order valence-corrected chi connectivity index (χ0v) is 9.90. The summed E-state index contributed by atoms with van der Waals surface area (Å²) in [6.45, 7) is 1.83. The second-order valence-electron chi connectivity index (χ2n) is 3.45. The van der Waals surface area contributed by atoms with E-state index in [0.717, 1.165) is 11.3 Å². The van der Waals surface area contributed by atoms with E-state index in [4.69, 9.17) is 21.3 Å². The molecule has 0 saturated heterocycles. The van der Waals surface area contributed by atoms with Crippen molar-refractivity contribution in [3.63, 3.8) is 0 Å². The first-order valence-electron chi connectivity index (χ1n) is 4.99. The summed E-state index contributed by atoms with van der Waals surface area (Å²) < 4.78 is 5.39. The molecule has 2 heterocycles. The number of aryl methyl sites for hydroxylation is 1. The number of halogens is 1. The molecule has 84 valence electrons. The van der Waals surface area contributed by atoms with Crippen LogP contribution in [0.25, 0.3) is 10.6 Å². The number of aromatic nitrogens is 1. The van der Waals surface area contributed by atoms with Crippen molar-refractivity contribution in [1.82, 2.24) is 4.98 Å². The molecule has 0 spiro atoms. The molecule has 2 aromatic rings. The van der Waals surface area contributed by atoms with Gasteiger partial charge < -0.3 is 4.42 Å². The SMILES string of the molecule is Cc1ccc(/C(Cl)=C(/C#N)c2ccncc2)o1. The lowest BCUT2D eigenvalue weighted by atomic mass is 10.1. The Balaban J connectivity index is 2.52. The smallest absolute Gasteiger partial charge is 0.146 e. The average Bonchev–Trinajstić information content (AvgIpc) is 2.78. The highest BCUT2D eigenvalue weighted by Crippen LogP contribution is 2.29. The Morgan fingerprint density at radius 1 is 1.29 bits per heavy atom. The van der Waals surface area contributed by atoms with Gasteiger partial charge in [-0.2, -0.15) is 5.26 Å². The van der Waals surface area contributed by atoms with Crippen molar-refractivity contribution in [1.29, 1.82) is 5.26 Å². The minimum atomic E-state index is 0.312. The molecule has 0 saturated carbocycles. The normalized spacial score (nSPS) is 11.8. The molecule has 0 aliphatic heterocycles. The predicted molar refractivity (Wildman–Crippen MR) is 66.0 cm³/mol. The van der Waals surface area contributed by atoms with Crippen LogP contribution >= 0.6 is 11.6 Å². The number of hydrogen-bond donors (Lipinski definition) is 0. The molecular weight excluding hydrogens is 236 g/mol. The molecule has 0 N–H and O–H groups in total. The molecule has 17 heavy (non-hydrogen) atoms. The Morgan fingerprint density at radius 2 is 2.00 bits per heavy atom. The van der Waals surface area contributed by atoms with E-state index in [-0.39, 0.29) is 0 Å². The lowest BCUT2D eigenvalue weighted by Gasteiger charge is -2.01. The van der Waals surface area contributed by atoms with E-state index in [9.17, 15) is 0 Å². The van der Waals surface area contributed by atoms with Crippen LogP contribution in [0.15, 0.2) is 41.1 Å². The van der Waals surface area contributed by atoms with Crippen LogP contribution in [0.1, 0.15) is 17.1 Å². The number of rotatable bonds is 2. The summed E-state index contributed by atoms with van der Waals surface area (Å²) in [5.74, 6) is 1.25. The first-order chi connectivity index (χ1) is 8.22. The summed E-state index contributed by atoms with van der Waals surface area (Å²) >= 11 is 6.16. The molecule has 4 heteroatoms. The average molecular weight is 245 g/mol. The molecule has 0 radical (unpaired) electrons. The van der Waals surface area contributed by atoms with Crippen LogP contribution in [0.3, 0.4) is 0 Å². The Labute approximate surface area is 104 Å². The third-order valence-electron chi connectivity index (χ3n) is 2.26. The number of nitrogens with zero attached hydrogens (tertiary/aromatic N) is 2. The fourth-order valence-electron chi connectivity index (χ4n) is 1.43. The maximum absolute atomic E-state index is 9.16. The molecule has 0 aromatic carbocycles. The first kappa shape index (κ1) is 11.4. The van der Waals surface area contributed by atoms with Crippen LogP contribution in [-0.2, 0) is 0 Å². The largest absolute Gasteiger partial charge is 0.460 e. The summed E-state index contributed by atoms with van der Waals surface area (Å²) in [6.07, 6.45) is 3.23. The summed E-state index contributed by atoms with van der Waals surface area (Å²) in [5.41, 5.74) is 1.10. The van der Waals surface area contributed by atoms with Crippen molar-refractivity contribution >= 4 is 22.2 Å². The summed E-state index contributed by atoms with van der Waals surface area (Å²) in [4.78, 5) is 3.90. The van der Waals surface area contributed by atoms with Crippen LogP contribution < -0.4 is 0 Å². The molecular formula is C13H9ClN2O. The van der Waals surface area contributed by atoms with Gasteiger partial charge in [-0.05, 0) is 36.8 Å².